The number of aromatic nitrogens is 3. The average molecular weight is 312 g/mol. The number of benzene rings is 1. The van der Waals surface area contributed by atoms with E-state index in [4.69, 9.17) is 0 Å². The lowest BCUT2D eigenvalue weighted by Crippen LogP contribution is -2.41. The normalized spacial score (nSPS) is 22.7. The fourth-order valence-corrected chi connectivity index (χ4v) is 2.87. The first-order valence-corrected chi connectivity index (χ1v) is 7.11. The van der Waals surface area contributed by atoms with Crippen molar-refractivity contribution >= 4 is 16.9 Å². The topological polar surface area (TPSA) is 70.7 Å². The molecule has 0 bridgehead atoms. The van der Waals surface area contributed by atoms with Crippen molar-refractivity contribution in [3.05, 3.63) is 23.8 Å². The number of nitrogens with zero attached hydrogens (tertiary/aromatic N) is 2. The number of alkyl halides is 3. The SMILES string of the molecule is O=C(N[C@H]1CCC[C@H](C(F)(F)F)C1)c1ccc2n[nH]nc2c1. The van der Waals surface area contributed by atoms with E-state index in [-0.39, 0.29) is 18.7 Å². The molecule has 1 aliphatic carbocycles. The van der Waals surface area contributed by atoms with Gasteiger partial charge in [-0.05, 0) is 37.5 Å². The van der Waals surface area contributed by atoms with E-state index >= 15 is 0 Å². The van der Waals surface area contributed by atoms with Gasteiger partial charge in [-0.1, -0.05) is 6.42 Å². The van der Waals surface area contributed by atoms with Gasteiger partial charge in [-0.15, -0.1) is 0 Å². The zero-order valence-corrected chi connectivity index (χ0v) is 11.7. The Hall–Kier alpha value is -2.12. The molecule has 2 aromatic rings. The molecular weight excluding hydrogens is 297 g/mol. The number of nitrogens with one attached hydrogen (secondary N) is 2. The predicted octanol–water partition coefficient (Wildman–Crippen LogP) is 2.81. The third kappa shape index (κ3) is 3.05. The molecule has 1 fully saturated rings. The molecule has 1 heterocycles. The molecule has 1 aromatic heterocycles. The fourth-order valence-electron chi connectivity index (χ4n) is 2.87. The number of rotatable bonds is 2. The summed E-state index contributed by atoms with van der Waals surface area (Å²) >= 11 is 0. The highest BCUT2D eigenvalue weighted by Gasteiger charge is 2.42. The number of hydrogen-bond acceptors (Lipinski definition) is 3. The van der Waals surface area contributed by atoms with E-state index in [1.54, 1.807) is 18.2 Å². The van der Waals surface area contributed by atoms with Gasteiger partial charge in [-0.25, -0.2) is 0 Å². The molecule has 0 saturated heterocycles. The molecule has 1 amide bonds. The highest BCUT2D eigenvalue weighted by atomic mass is 19.4. The van der Waals surface area contributed by atoms with Crippen molar-refractivity contribution in [3.8, 4) is 0 Å². The standard InChI is InChI=1S/C14H15F3N4O/c15-14(16,17)9-2-1-3-10(7-9)18-13(22)8-4-5-11-12(6-8)20-21-19-11/h4-6,9-10H,1-3,7H2,(H,18,22)(H,19,20,21)/t9-,10-/m0/s1. The fraction of sp³-hybridized carbons (Fsp3) is 0.500. The van der Waals surface area contributed by atoms with Crippen LogP contribution in [0.3, 0.4) is 0 Å². The Kier molecular flexibility index (Phi) is 3.76. The minimum absolute atomic E-state index is 0.0541. The van der Waals surface area contributed by atoms with Crippen LogP contribution in [0.1, 0.15) is 36.0 Å². The van der Waals surface area contributed by atoms with Crippen LogP contribution in [0.15, 0.2) is 18.2 Å². The number of carbonyl (C=O) groups excluding carboxylic acids is 1. The first kappa shape index (κ1) is 14.8. The summed E-state index contributed by atoms with van der Waals surface area (Å²) in [4.78, 5) is 12.2. The van der Waals surface area contributed by atoms with E-state index < -0.39 is 18.1 Å². The Labute approximate surface area is 124 Å². The molecule has 2 atom stereocenters. The van der Waals surface area contributed by atoms with Crippen LogP contribution < -0.4 is 5.32 Å². The maximum atomic E-state index is 12.8. The lowest BCUT2D eigenvalue weighted by atomic mass is 9.85. The van der Waals surface area contributed by atoms with Gasteiger partial charge >= 0.3 is 6.18 Å². The van der Waals surface area contributed by atoms with E-state index in [0.717, 1.165) is 0 Å². The number of aromatic amines is 1. The summed E-state index contributed by atoms with van der Waals surface area (Å²) in [5, 5.41) is 12.9. The summed E-state index contributed by atoms with van der Waals surface area (Å²) in [7, 11) is 0. The summed E-state index contributed by atoms with van der Waals surface area (Å²) in [5.74, 6) is -1.71. The van der Waals surface area contributed by atoms with E-state index in [1.165, 1.54) is 0 Å². The van der Waals surface area contributed by atoms with Gasteiger partial charge in [0.15, 0.2) is 0 Å². The molecule has 0 unspecified atom stereocenters. The number of amides is 1. The lowest BCUT2D eigenvalue weighted by Gasteiger charge is -2.31. The molecule has 8 heteroatoms. The van der Waals surface area contributed by atoms with Gasteiger partial charge in [0, 0.05) is 11.6 Å². The molecular formula is C14H15F3N4O. The van der Waals surface area contributed by atoms with Crippen molar-refractivity contribution < 1.29 is 18.0 Å². The van der Waals surface area contributed by atoms with Gasteiger partial charge < -0.3 is 5.32 Å². The number of H-pyrrole nitrogens is 1. The third-order valence-corrected chi connectivity index (χ3v) is 4.05. The van der Waals surface area contributed by atoms with Crippen LogP contribution in [0.4, 0.5) is 13.2 Å². The van der Waals surface area contributed by atoms with Gasteiger partial charge in [0.2, 0.25) is 0 Å². The minimum Gasteiger partial charge on any atom is -0.349 e. The van der Waals surface area contributed by atoms with Gasteiger partial charge in [0.1, 0.15) is 11.0 Å². The molecule has 1 saturated carbocycles. The number of halogens is 3. The Morgan fingerprint density at radius 3 is 2.77 bits per heavy atom. The summed E-state index contributed by atoms with van der Waals surface area (Å²) in [5.41, 5.74) is 1.55. The van der Waals surface area contributed by atoms with Crippen molar-refractivity contribution in [2.24, 2.45) is 5.92 Å². The maximum absolute atomic E-state index is 12.8. The van der Waals surface area contributed by atoms with Crippen LogP contribution in [-0.2, 0) is 0 Å². The molecule has 118 valence electrons. The molecule has 1 aromatic carbocycles. The van der Waals surface area contributed by atoms with Crippen LogP contribution in [0.25, 0.3) is 11.0 Å². The summed E-state index contributed by atoms with van der Waals surface area (Å²) in [6.07, 6.45) is -3.06. The Balaban J connectivity index is 1.68. The van der Waals surface area contributed by atoms with Crippen LogP contribution in [0.2, 0.25) is 0 Å². The zero-order chi connectivity index (χ0) is 15.7. The molecule has 22 heavy (non-hydrogen) atoms. The first-order valence-electron chi connectivity index (χ1n) is 7.11. The predicted molar refractivity (Wildman–Crippen MR) is 73.2 cm³/mol. The summed E-state index contributed by atoms with van der Waals surface area (Å²) in [6.45, 7) is 0. The Morgan fingerprint density at radius 1 is 1.23 bits per heavy atom. The lowest BCUT2D eigenvalue weighted by molar-refractivity contribution is -0.183. The van der Waals surface area contributed by atoms with Gasteiger partial charge in [0.05, 0.1) is 5.92 Å². The van der Waals surface area contributed by atoms with Crippen LogP contribution >= 0.6 is 0 Å². The van der Waals surface area contributed by atoms with Crippen LogP contribution in [0, 0.1) is 5.92 Å². The number of carbonyl (C=O) groups is 1. The maximum Gasteiger partial charge on any atom is 0.391 e. The number of fused-ring (bicyclic) bond motifs is 1. The van der Waals surface area contributed by atoms with Crippen LogP contribution in [0.5, 0.6) is 0 Å². The average Bonchev–Trinajstić information content (AvgIpc) is 2.94. The van der Waals surface area contributed by atoms with E-state index in [9.17, 15) is 18.0 Å². The summed E-state index contributed by atoms with van der Waals surface area (Å²) < 4.78 is 38.3. The van der Waals surface area contributed by atoms with Crippen LogP contribution in [-0.4, -0.2) is 33.5 Å². The molecule has 1 aliphatic rings. The van der Waals surface area contributed by atoms with E-state index in [1.807, 2.05) is 0 Å². The molecule has 0 spiro atoms. The molecule has 0 radical (unpaired) electrons. The highest BCUT2D eigenvalue weighted by molar-refractivity contribution is 5.97. The monoisotopic (exact) mass is 312 g/mol. The van der Waals surface area contributed by atoms with Crippen molar-refractivity contribution in [2.75, 3.05) is 0 Å². The second-order valence-corrected chi connectivity index (χ2v) is 5.60. The Morgan fingerprint density at radius 2 is 2.00 bits per heavy atom. The van der Waals surface area contributed by atoms with Gasteiger partial charge in [-0.3, -0.25) is 4.79 Å². The molecule has 3 rings (SSSR count). The number of hydrogen-bond donors (Lipinski definition) is 2. The largest absolute Gasteiger partial charge is 0.391 e. The van der Waals surface area contributed by atoms with Crippen molar-refractivity contribution in [2.45, 2.75) is 37.9 Å². The Bertz CT molecular complexity index is 682. The summed E-state index contributed by atoms with van der Waals surface area (Å²) in [6, 6.07) is 4.36. The minimum atomic E-state index is -4.19. The van der Waals surface area contributed by atoms with Crippen molar-refractivity contribution in [1.29, 1.82) is 0 Å². The quantitative estimate of drug-likeness (QED) is 0.896. The van der Waals surface area contributed by atoms with Gasteiger partial charge in [0.25, 0.3) is 5.91 Å². The van der Waals surface area contributed by atoms with Gasteiger partial charge in [-0.2, -0.15) is 28.6 Å². The molecule has 5 nitrogen and oxygen atoms in total. The van der Waals surface area contributed by atoms with Crippen molar-refractivity contribution in [1.82, 2.24) is 20.7 Å². The smallest absolute Gasteiger partial charge is 0.349 e. The van der Waals surface area contributed by atoms with E-state index in [0.29, 0.717) is 29.4 Å². The molecule has 0 aliphatic heterocycles. The highest BCUT2D eigenvalue weighted by Crippen LogP contribution is 2.37. The second kappa shape index (κ2) is 5.58. The first-order chi connectivity index (χ1) is 10.4. The van der Waals surface area contributed by atoms with E-state index in [2.05, 4.69) is 20.7 Å². The molecule has 2 N–H and O–H groups in total. The van der Waals surface area contributed by atoms with Crippen molar-refractivity contribution in [3.63, 3.8) is 0 Å². The zero-order valence-electron chi connectivity index (χ0n) is 11.7. The third-order valence-electron chi connectivity index (χ3n) is 4.05. The second-order valence-electron chi connectivity index (χ2n) is 5.60.